The van der Waals surface area contributed by atoms with E-state index in [4.69, 9.17) is 0 Å². The number of nitrogens with zero attached hydrogens (tertiary/aromatic N) is 3. The van der Waals surface area contributed by atoms with Crippen molar-refractivity contribution in [2.24, 2.45) is 5.41 Å². The molecule has 1 aromatic heterocycles. The van der Waals surface area contributed by atoms with E-state index in [1.807, 2.05) is 10.9 Å². The van der Waals surface area contributed by atoms with E-state index in [9.17, 15) is 0 Å². The minimum Gasteiger partial charge on any atom is -0.311 e. The summed E-state index contributed by atoms with van der Waals surface area (Å²) >= 11 is 0. The summed E-state index contributed by atoms with van der Waals surface area (Å²) in [5, 5.41) is 11.9. The summed E-state index contributed by atoms with van der Waals surface area (Å²) in [7, 11) is 0. The molecule has 1 heterocycles. The molecule has 0 saturated heterocycles. The molecule has 96 valence electrons. The molecule has 4 heteroatoms. The molecule has 0 bridgehead atoms. The first-order valence-electron chi connectivity index (χ1n) is 6.58. The van der Waals surface area contributed by atoms with Crippen LogP contribution in [0.4, 0.5) is 0 Å². The molecule has 1 saturated carbocycles. The summed E-state index contributed by atoms with van der Waals surface area (Å²) in [4.78, 5) is 0. The van der Waals surface area contributed by atoms with Crippen LogP contribution in [0.1, 0.15) is 52.7 Å². The van der Waals surface area contributed by atoms with Gasteiger partial charge in [0, 0.05) is 13.1 Å². The Bertz CT molecular complexity index is 371. The van der Waals surface area contributed by atoms with Crippen LogP contribution in [0.5, 0.6) is 0 Å². The monoisotopic (exact) mass is 236 g/mol. The molecule has 17 heavy (non-hydrogen) atoms. The van der Waals surface area contributed by atoms with Gasteiger partial charge in [-0.25, -0.2) is 4.68 Å². The van der Waals surface area contributed by atoms with Crippen molar-refractivity contribution in [1.82, 2.24) is 20.3 Å². The molecule has 4 nitrogen and oxygen atoms in total. The van der Waals surface area contributed by atoms with Crippen LogP contribution in [-0.2, 0) is 12.1 Å². The van der Waals surface area contributed by atoms with Gasteiger partial charge in [0.05, 0.1) is 17.4 Å². The van der Waals surface area contributed by atoms with Gasteiger partial charge in [0.2, 0.25) is 0 Å². The van der Waals surface area contributed by atoms with Crippen molar-refractivity contribution in [1.29, 1.82) is 0 Å². The van der Waals surface area contributed by atoms with Gasteiger partial charge >= 0.3 is 0 Å². The summed E-state index contributed by atoms with van der Waals surface area (Å²) in [6, 6.07) is 0. The number of hydrogen-bond donors (Lipinski definition) is 1. The molecular weight excluding hydrogens is 212 g/mol. The standard InChI is InChI=1S/C13H24N4/c1-5-13(6-7-13)10-14-8-11-9-17(16-15-11)12(2,3)4/h9,14H,5-8,10H2,1-4H3. The average Bonchev–Trinajstić information content (AvgIpc) is 2.86. The third-order valence-corrected chi connectivity index (χ3v) is 3.74. The Morgan fingerprint density at radius 2 is 2.12 bits per heavy atom. The highest BCUT2D eigenvalue weighted by molar-refractivity contribution is 4.97. The fourth-order valence-corrected chi connectivity index (χ4v) is 2.00. The zero-order valence-corrected chi connectivity index (χ0v) is 11.5. The van der Waals surface area contributed by atoms with Gasteiger partial charge in [-0.1, -0.05) is 12.1 Å². The molecular formula is C13H24N4. The smallest absolute Gasteiger partial charge is 0.0965 e. The minimum absolute atomic E-state index is 0.0202. The predicted molar refractivity (Wildman–Crippen MR) is 68.7 cm³/mol. The Morgan fingerprint density at radius 1 is 1.41 bits per heavy atom. The molecule has 0 unspecified atom stereocenters. The van der Waals surface area contributed by atoms with Crippen LogP contribution in [-0.4, -0.2) is 21.5 Å². The van der Waals surface area contributed by atoms with Crippen molar-refractivity contribution in [2.75, 3.05) is 6.54 Å². The van der Waals surface area contributed by atoms with Crippen LogP contribution in [0.15, 0.2) is 6.20 Å². The zero-order valence-electron chi connectivity index (χ0n) is 11.5. The quantitative estimate of drug-likeness (QED) is 0.853. The highest BCUT2D eigenvalue weighted by atomic mass is 15.4. The third-order valence-electron chi connectivity index (χ3n) is 3.74. The van der Waals surface area contributed by atoms with Crippen molar-refractivity contribution < 1.29 is 0 Å². The second kappa shape index (κ2) is 4.41. The molecule has 1 N–H and O–H groups in total. The van der Waals surface area contributed by atoms with E-state index in [0.717, 1.165) is 18.8 Å². The van der Waals surface area contributed by atoms with E-state index >= 15 is 0 Å². The predicted octanol–water partition coefficient (Wildman–Crippen LogP) is 2.31. The average molecular weight is 236 g/mol. The molecule has 1 aromatic rings. The molecule has 0 amide bonds. The Kier molecular flexibility index (Phi) is 3.25. The Morgan fingerprint density at radius 3 is 2.59 bits per heavy atom. The van der Waals surface area contributed by atoms with Gasteiger partial charge in [-0.2, -0.15) is 0 Å². The first-order chi connectivity index (χ1) is 7.95. The van der Waals surface area contributed by atoms with Crippen molar-refractivity contribution in [3.05, 3.63) is 11.9 Å². The van der Waals surface area contributed by atoms with Gasteiger partial charge in [-0.05, 0) is 45.4 Å². The van der Waals surface area contributed by atoms with E-state index in [2.05, 4.69) is 43.3 Å². The summed E-state index contributed by atoms with van der Waals surface area (Å²) in [5.74, 6) is 0. The van der Waals surface area contributed by atoms with Gasteiger partial charge in [0.25, 0.3) is 0 Å². The first-order valence-corrected chi connectivity index (χ1v) is 6.58. The lowest BCUT2D eigenvalue weighted by Crippen LogP contribution is -2.23. The highest BCUT2D eigenvalue weighted by Gasteiger charge is 2.39. The number of aromatic nitrogens is 3. The second-order valence-corrected chi connectivity index (χ2v) is 6.28. The Balaban J connectivity index is 1.81. The highest BCUT2D eigenvalue weighted by Crippen LogP contribution is 2.47. The maximum atomic E-state index is 4.20. The van der Waals surface area contributed by atoms with E-state index < -0.39 is 0 Å². The fourth-order valence-electron chi connectivity index (χ4n) is 2.00. The Hall–Kier alpha value is -0.900. The molecule has 0 spiro atoms. The summed E-state index contributed by atoms with van der Waals surface area (Å²) in [6.07, 6.45) is 6.09. The minimum atomic E-state index is 0.0202. The van der Waals surface area contributed by atoms with Crippen LogP contribution in [0.3, 0.4) is 0 Å². The molecule has 0 atom stereocenters. The summed E-state index contributed by atoms with van der Waals surface area (Å²) in [6.45, 7) is 10.6. The molecule has 0 aromatic carbocycles. The van der Waals surface area contributed by atoms with Crippen molar-refractivity contribution in [2.45, 2.75) is 59.0 Å². The molecule has 1 aliphatic carbocycles. The number of rotatable bonds is 5. The van der Waals surface area contributed by atoms with E-state index in [-0.39, 0.29) is 5.54 Å². The topological polar surface area (TPSA) is 42.7 Å². The van der Waals surface area contributed by atoms with Crippen LogP contribution in [0, 0.1) is 5.41 Å². The molecule has 1 aliphatic rings. The van der Waals surface area contributed by atoms with Crippen LogP contribution < -0.4 is 5.32 Å². The van der Waals surface area contributed by atoms with Gasteiger partial charge in [0.1, 0.15) is 0 Å². The number of nitrogens with one attached hydrogen (secondary N) is 1. The third kappa shape index (κ3) is 3.06. The largest absolute Gasteiger partial charge is 0.311 e. The fraction of sp³-hybridized carbons (Fsp3) is 0.846. The maximum absolute atomic E-state index is 4.20. The maximum Gasteiger partial charge on any atom is 0.0965 e. The van der Waals surface area contributed by atoms with Crippen LogP contribution in [0.2, 0.25) is 0 Å². The number of hydrogen-bond acceptors (Lipinski definition) is 3. The molecule has 2 rings (SSSR count). The second-order valence-electron chi connectivity index (χ2n) is 6.28. The lowest BCUT2D eigenvalue weighted by Gasteiger charge is -2.17. The van der Waals surface area contributed by atoms with Gasteiger partial charge in [0.15, 0.2) is 0 Å². The molecule has 1 fully saturated rings. The van der Waals surface area contributed by atoms with E-state index in [1.54, 1.807) is 0 Å². The van der Waals surface area contributed by atoms with Crippen LogP contribution >= 0.6 is 0 Å². The van der Waals surface area contributed by atoms with E-state index in [1.165, 1.54) is 19.3 Å². The van der Waals surface area contributed by atoms with E-state index in [0.29, 0.717) is 5.41 Å². The van der Waals surface area contributed by atoms with Crippen molar-refractivity contribution in [3.63, 3.8) is 0 Å². The first kappa shape index (κ1) is 12.6. The lowest BCUT2D eigenvalue weighted by molar-refractivity contribution is 0.346. The molecule has 0 aliphatic heterocycles. The van der Waals surface area contributed by atoms with Crippen molar-refractivity contribution in [3.8, 4) is 0 Å². The SMILES string of the molecule is CCC1(CNCc2cn(C(C)(C)C)nn2)CC1. The van der Waals surface area contributed by atoms with Gasteiger partial charge in [-0.15, -0.1) is 5.10 Å². The van der Waals surface area contributed by atoms with Crippen molar-refractivity contribution >= 4 is 0 Å². The van der Waals surface area contributed by atoms with Crippen LogP contribution in [0.25, 0.3) is 0 Å². The van der Waals surface area contributed by atoms with Gasteiger partial charge < -0.3 is 5.32 Å². The summed E-state index contributed by atoms with van der Waals surface area (Å²) in [5.41, 5.74) is 1.65. The zero-order chi connectivity index (χ0) is 12.5. The Labute approximate surface area is 104 Å². The summed E-state index contributed by atoms with van der Waals surface area (Å²) < 4.78 is 1.93. The lowest BCUT2D eigenvalue weighted by atomic mass is 10.0. The normalized spacial score (nSPS) is 18.4. The van der Waals surface area contributed by atoms with Gasteiger partial charge in [-0.3, -0.25) is 0 Å². The molecule has 0 radical (unpaired) electrons.